The first-order valence-corrected chi connectivity index (χ1v) is 9.16. The number of amides is 1. The largest absolute Gasteiger partial charge is 0.368 e. The molecular formula is C20H30N2O2. The van der Waals surface area contributed by atoms with Gasteiger partial charge in [0.1, 0.15) is 6.10 Å². The molecule has 1 aromatic carbocycles. The van der Waals surface area contributed by atoms with Gasteiger partial charge in [-0.05, 0) is 29.4 Å². The molecule has 4 heteroatoms. The molecule has 0 bridgehead atoms. The second kappa shape index (κ2) is 7.24. The molecule has 0 N–H and O–H groups in total. The van der Waals surface area contributed by atoms with Gasteiger partial charge in [-0.2, -0.15) is 0 Å². The van der Waals surface area contributed by atoms with E-state index in [-0.39, 0.29) is 17.4 Å². The van der Waals surface area contributed by atoms with Crippen LogP contribution in [0.15, 0.2) is 24.3 Å². The maximum absolute atomic E-state index is 12.4. The van der Waals surface area contributed by atoms with Crippen molar-refractivity contribution in [1.29, 1.82) is 0 Å². The molecule has 0 saturated carbocycles. The van der Waals surface area contributed by atoms with Gasteiger partial charge in [0.05, 0.1) is 0 Å². The highest BCUT2D eigenvalue weighted by molar-refractivity contribution is 5.81. The molecule has 4 nitrogen and oxygen atoms in total. The van der Waals surface area contributed by atoms with Gasteiger partial charge >= 0.3 is 0 Å². The zero-order valence-electron chi connectivity index (χ0n) is 15.3. The fourth-order valence-electron chi connectivity index (χ4n) is 3.47. The van der Waals surface area contributed by atoms with Crippen molar-refractivity contribution in [2.75, 3.05) is 32.8 Å². The zero-order valence-corrected chi connectivity index (χ0v) is 15.3. The van der Waals surface area contributed by atoms with Crippen LogP contribution < -0.4 is 0 Å². The molecule has 132 valence electrons. The molecule has 1 unspecified atom stereocenters. The first-order chi connectivity index (χ1) is 11.4. The minimum Gasteiger partial charge on any atom is -0.368 e. The summed E-state index contributed by atoms with van der Waals surface area (Å²) < 4.78 is 5.52. The summed E-state index contributed by atoms with van der Waals surface area (Å²) in [5.74, 6) is 0.196. The van der Waals surface area contributed by atoms with Crippen molar-refractivity contribution in [2.24, 2.45) is 0 Å². The van der Waals surface area contributed by atoms with Crippen LogP contribution in [0.3, 0.4) is 0 Å². The highest BCUT2D eigenvalue weighted by atomic mass is 16.5. The van der Waals surface area contributed by atoms with Crippen molar-refractivity contribution >= 4 is 5.91 Å². The van der Waals surface area contributed by atoms with Crippen LogP contribution >= 0.6 is 0 Å². The average molecular weight is 330 g/mol. The fourth-order valence-corrected chi connectivity index (χ4v) is 3.47. The Hall–Kier alpha value is -1.39. The van der Waals surface area contributed by atoms with E-state index in [4.69, 9.17) is 4.74 Å². The molecule has 1 aromatic rings. The van der Waals surface area contributed by atoms with Gasteiger partial charge in [-0.3, -0.25) is 9.69 Å². The molecule has 2 heterocycles. The summed E-state index contributed by atoms with van der Waals surface area (Å²) in [6.45, 7) is 12.0. The van der Waals surface area contributed by atoms with Gasteiger partial charge in [0.25, 0.3) is 5.91 Å². The van der Waals surface area contributed by atoms with E-state index < -0.39 is 0 Å². The van der Waals surface area contributed by atoms with Crippen molar-refractivity contribution in [3.63, 3.8) is 0 Å². The second-order valence-electron chi connectivity index (χ2n) is 8.05. The van der Waals surface area contributed by atoms with Crippen molar-refractivity contribution < 1.29 is 9.53 Å². The van der Waals surface area contributed by atoms with E-state index in [2.05, 4.69) is 49.9 Å². The quantitative estimate of drug-likeness (QED) is 0.854. The van der Waals surface area contributed by atoms with E-state index in [0.29, 0.717) is 0 Å². The first kappa shape index (κ1) is 17.4. The van der Waals surface area contributed by atoms with Crippen LogP contribution in [-0.4, -0.2) is 54.6 Å². The molecule has 0 radical (unpaired) electrons. The lowest BCUT2D eigenvalue weighted by Crippen LogP contribution is -2.51. The van der Waals surface area contributed by atoms with Crippen LogP contribution in [0.2, 0.25) is 0 Å². The summed E-state index contributed by atoms with van der Waals surface area (Å²) >= 11 is 0. The average Bonchev–Trinajstić information content (AvgIpc) is 3.09. The first-order valence-electron chi connectivity index (χ1n) is 9.16. The van der Waals surface area contributed by atoms with Crippen molar-refractivity contribution in [3.05, 3.63) is 35.4 Å². The van der Waals surface area contributed by atoms with Crippen LogP contribution in [0, 0.1) is 0 Å². The Balaban J connectivity index is 1.49. The maximum Gasteiger partial charge on any atom is 0.251 e. The van der Waals surface area contributed by atoms with Crippen LogP contribution in [0.5, 0.6) is 0 Å². The lowest BCUT2D eigenvalue weighted by atomic mass is 9.87. The summed E-state index contributed by atoms with van der Waals surface area (Å²) in [4.78, 5) is 16.8. The SMILES string of the molecule is CC(C)(C)c1ccc(CN2CCN(C(=O)C3CCCO3)CC2)cc1. The Morgan fingerprint density at radius 1 is 1.12 bits per heavy atom. The van der Waals surface area contributed by atoms with Crippen LogP contribution in [0.25, 0.3) is 0 Å². The second-order valence-corrected chi connectivity index (χ2v) is 8.05. The van der Waals surface area contributed by atoms with Gasteiger partial charge < -0.3 is 9.64 Å². The molecule has 2 aliphatic heterocycles. The number of carbonyl (C=O) groups excluding carboxylic acids is 1. The number of hydrogen-bond donors (Lipinski definition) is 0. The highest BCUT2D eigenvalue weighted by Gasteiger charge is 2.30. The number of nitrogens with zero attached hydrogens (tertiary/aromatic N) is 2. The van der Waals surface area contributed by atoms with E-state index in [1.165, 1.54) is 11.1 Å². The van der Waals surface area contributed by atoms with Crippen molar-refractivity contribution in [3.8, 4) is 0 Å². The Morgan fingerprint density at radius 3 is 2.33 bits per heavy atom. The molecule has 2 fully saturated rings. The molecule has 24 heavy (non-hydrogen) atoms. The van der Waals surface area contributed by atoms with E-state index >= 15 is 0 Å². The molecule has 0 spiro atoms. The summed E-state index contributed by atoms with van der Waals surface area (Å²) in [5.41, 5.74) is 2.92. The third-order valence-corrected chi connectivity index (χ3v) is 5.12. The van der Waals surface area contributed by atoms with E-state index in [0.717, 1.165) is 52.2 Å². The minimum atomic E-state index is -0.179. The van der Waals surface area contributed by atoms with Gasteiger partial charge in [0.2, 0.25) is 0 Å². The summed E-state index contributed by atoms with van der Waals surface area (Å²) in [6.07, 6.45) is 1.72. The molecule has 1 atom stereocenters. The smallest absolute Gasteiger partial charge is 0.251 e. The van der Waals surface area contributed by atoms with E-state index in [1.54, 1.807) is 0 Å². The topological polar surface area (TPSA) is 32.8 Å². The number of rotatable bonds is 3. The lowest BCUT2D eigenvalue weighted by molar-refractivity contribution is -0.142. The highest BCUT2D eigenvalue weighted by Crippen LogP contribution is 2.23. The lowest BCUT2D eigenvalue weighted by Gasteiger charge is -2.35. The Morgan fingerprint density at radius 2 is 1.79 bits per heavy atom. The molecule has 3 rings (SSSR count). The van der Waals surface area contributed by atoms with Gasteiger partial charge in [0.15, 0.2) is 0 Å². The number of piperazine rings is 1. The van der Waals surface area contributed by atoms with Crippen LogP contribution in [0.1, 0.15) is 44.7 Å². The van der Waals surface area contributed by atoms with Gasteiger partial charge in [-0.15, -0.1) is 0 Å². The monoisotopic (exact) mass is 330 g/mol. The normalized spacial score (nSPS) is 22.8. The number of carbonyl (C=O) groups is 1. The fraction of sp³-hybridized carbons (Fsp3) is 0.650. The third-order valence-electron chi connectivity index (χ3n) is 5.12. The summed E-state index contributed by atoms with van der Waals surface area (Å²) in [5, 5.41) is 0. The van der Waals surface area contributed by atoms with Gasteiger partial charge in [-0.25, -0.2) is 0 Å². The van der Waals surface area contributed by atoms with Crippen molar-refractivity contribution in [1.82, 2.24) is 9.80 Å². The molecular weight excluding hydrogens is 300 g/mol. The predicted octanol–water partition coefficient (Wildman–Crippen LogP) is 2.81. The molecule has 1 amide bonds. The van der Waals surface area contributed by atoms with Crippen LogP contribution in [-0.2, 0) is 21.5 Å². The van der Waals surface area contributed by atoms with Gasteiger partial charge in [0, 0.05) is 39.3 Å². The molecule has 0 aliphatic carbocycles. The maximum atomic E-state index is 12.4. The van der Waals surface area contributed by atoms with Gasteiger partial charge in [-0.1, -0.05) is 45.0 Å². The van der Waals surface area contributed by atoms with Crippen LogP contribution in [0.4, 0.5) is 0 Å². The zero-order chi connectivity index (χ0) is 17.2. The minimum absolute atomic E-state index is 0.179. The Kier molecular flexibility index (Phi) is 5.26. The van der Waals surface area contributed by atoms with Crippen molar-refractivity contribution in [2.45, 2.75) is 51.7 Å². The van der Waals surface area contributed by atoms with E-state index in [9.17, 15) is 4.79 Å². The molecule has 2 aliphatic rings. The standard InChI is InChI=1S/C20H30N2O2/c1-20(2,3)17-8-6-16(7-9-17)15-21-10-12-22(13-11-21)19(23)18-5-4-14-24-18/h6-9,18H,4-5,10-15H2,1-3H3. The predicted molar refractivity (Wildman–Crippen MR) is 96.0 cm³/mol. The Labute approximate surface area is 145 Å². The summed E-state index contributed by atoms with van der Waals surface area (Å²) in [7, 11) is 0. The third kappa shape index (κ3) is 4.17. The number of hydrogen-bond acceptors (Lipinski definition) is 3. The summed E-state index contributed by atoms with van der Waals surface area (Å²) in [6, 6.07) is 8.97. The van der Waals surface area contributed by atoms with E-state index in [1.807, 2.05) is 4.90 Å². The number of benzene rings is 1. The molecule has 0 aromatic heterocycles. The number of ether oxygens (including phenoxy) is 1. The Bertz CT molecular complexity index is 548. The molecule has 2 saturated heterocycles.